The number of benzene rings is 2. The number of anilines is 3. The zero-order valence-electron chi connectivity index (χ0n) is 15.0. The molecule has 6 nitrogen and oxygen atoms in total. The van der Waals surface area contributed by atoms with Crippen molar-refractivity contribution in [3.63, 3.8) is 0 Å². The Labute approximate surface area is 157 Å². The minimum Gasteiger partial charge on any atom is -0.465 e. The number of esters is 1. The van der Waals surface area contributed by atoms with Crippen LogP contribution in [0.3, 0.4) is 0 Å². The van der Waals surface area contributed by atoms with E-state index in [-0.39, 0.29) is 5.97 Å². The molecule has 0 unspecified atom stereocenters. The topological polar surface area (TPSA) is 76.1 Å². The summed E-state index contributed by atoms with van der Waals surface area (Å²) >= 11 is 0. The van der Waals surface area contributed by atoms with Crippen molar-refractivity contribution < 1.29 is 9.53 Å². The van der Waals surface area contributed by atoms with Crippen LogP contribution >= 0.6 is 0 Å². The Morgan fingerprint density at radius 3 is 2.52 bits per heavy atom. The molecule has 2 aromatic carbocycles. The number of hydrogen-bond acceptors (Lipinski definition) is 6. The first-order valence-electron chi connectivity index (χ1n) is 8.44. The molecule has 136 valence electrons. The zero-order chi connectivity index (χ0) is 19.1. The molecule has 27 heavy (non-hydrogen) atoms. The van der Waals surface area contributed by atoms with Crippen molar-refractivity contribution in [1.29, 1.82) is 0 Å². The lowest BCUT2D eigenvalue weighted by atomic mass is 10.1. The SMILES string of the molecule is C=CCNc1nc(Nc2ccc(C(=O)OC)cc2)cc(-c2ccccc2)n1. The van der Waals surface area contributed by atoms with Gasteiger partial charge in [-0.25, -0.2) is 9.78 Å². The Hall–Kier alpha value is -3.67. The maximum Gasteiger partial charge on any atom is 0.337 e. The van der Waals surface area contributed by atoms with Crippen molar-refractivity contribution in [3.8, 4) is 11.3 Å². The van der Waals surface area contributed by atoms with Crippen LogP contribution in [0.4, 0.5) is 17.5 Å². The number of rotatable bonds is 7. The Morgan fingerprint density at radius 1 is 1.11 bits per heavy atom. The van der Waals surface area contributed by atoms with Gasteiger partial charge in [0.1, 0.15) is 5.82 Å². The zero-order valence-corrected chi connectivity index (χ0v) is 15.0. The van der Waals surface area contributed by atoms with Gasteiger partial charge in [0.05, 0.1) is 18.4 Å². The standard InChI is InChI=1S/C21H20N4O2/c1-3-13-22-21-24-18(15-7-5-4-6-8-15)14-19(25-21)23-17-11-9-16(10-12-17)20(26)27-2/h3-12,14H,1,13H2,2H3,(H2,22,23,24,25). The molecule has 0 saturated heterocycles. The number of carbonyl (C=O) groups is 1. The van der Waals surface area contributed by atoms with E-state index in [1.165, 1.54) is 7.11 Å². The van der Waals surface area contributed by atoms with Crippen LogP contribution in [-0.2, 0) is 4.74 Å². The molecule has 0 aliphatic carbocycles. The van der Waals surface area contributed by atoms with Crippen LogP contribution in [0.2, 0.25) is 0 Å². The van der Waals surface area contributed by atoms with E-state index in [2.05, 4.69) is 27.2 Å². The third kappa shape index (κ3) is 4.70. The van der Waals surface area contributed by atoms with Gasteiger partial charge in [0.2, 0.25) is 5.95 Å². The molecule has 0 amide bonds. The van der Waals surface area contributed by atoms with Crippen LogP contribution in [0.1, 0.15) is 10.4 Å². The summed E-state index contributed by atoms with van der Waals surface area (Å²) in [4.78, 5) is 20.6. The first kappa shape index (κ1) is 18.1. The summed E-state index contributed by atoms with van der Waals surface area (Å²) in [5.74, 6) is 0.775. The summed E-state index contributed by atoms with van der Waals surface area (Å²) in [6.45, 7) is 4.27. The lowest BCUT2D eigenvalue weighted by Gasteiger charge is -2.11. The molecule has 0 saturated carbocycles. The maximum absolute atomic E-state index is 11.6. The molecule has 2 N–H and O–H groups in total. The summed E-state index contributed by atoms with van der Waals surface area (Å²) in [5, 5.41) is 6.37. The van der Waals surface area contributed by atoms with E-state index in [0.717, 1.165) is 16.9 Å². The van der Waals surface area contributed by atoms with Gasteiger partial charge in [0, 0.05) is 23.9 Å². The van der Waals surface area contributed by atoms with E-state index in [4.69, 9.17) is 4.74 Å². The predicted molar refractivity (Wildman–Crippen MR) is 107 cm³/mol. The van der Waals surface area contributed by atoms with Crippen molar-refractivity contribution in [1.82, 2.24) is 9.97 Å². The van der Waals surface area contributed by atoms with Crippen LogP contribution in [0.5, 0.6) is 0 Å². The molecule has 1 heterocycles. The fourth-order valence-electron chi connectivity index (χ4n) is 2.47. The summed E-state index contributed by atoms with van der Waals surface area (Å²) < 4.78 is 4.72. The highest BCUT2D eigenvalue weighted by molar-refractivity contribution is 5.89. The van der Waals surface area contributed by atoms with E-state index in [9.17, 15) is 4.79 Å². The average molecular weight is 360 g/mol. The van der Waals surface area contributed by atoms with Crippen LogP contribution < -0.4 is 10.6 Å². The predicted octanol–water partition coefficient (Wildman–Crippen LogP) is 4.27. The molecule has 0 aliphatic rings. The Morgan fingerprint density at radius 2 is 1.85 bits per heavy atom. The number of carbonyl (C=O) groups excluding carboxylic acids is 1. The molecular formula is C21H20N4O2. The third-order valence-electron chi connectivity index (χ3n) is 3.78. The monoisotopic (exact) mass is 360 g/mol. The van der Waals surface area contributed by atoms with Crippen molar-refractivity contribution in [3.05, 3.63) is 78.9 Å². The van der Waals surface area contributed by atoms with Crippen molar-refractivity contribution >= 4 is 23.4 Å². The van der Waals surface area contributed by atoms with Crippen molar-refractivity contribution in [2.75, 3.05) is 24.3 Å². The number of nitrogens with zero attached hydrogens (tertiary/aromatic N) is 2. The average Bonchev–Trinajstić information content (AvgIpc) is 2.72. The summed E-state index contributed by atoms with van der Waals surface area (Å²) in [7, 11) is 1.36. The molecule has 0 radical (unpaired) electrons. The van der Waals surface area contributed by atoms with E-state index in [1.807, 2.05) is 36.4 Å². The summed E-state index contributed by atoms with van der Waals surface area (Å²) in [5.41, 5.74) is 3.08. The molecule has 0 atom stereocenters. The Kier molecular flexibility index (Phi) is 5.79. The molecular weight excluding hydrogens is 340 g/mol. The molecule has 3 rings (SSSR count). The van der Waals surface area contributed by atoms with Crippen LogP contribution in [0.25, 0.3) is 11.3 Å². The van der Waals surface area contributed by atoms with Gasteiger partial charge in [-0.2, -0.15) is 4.98 Å². The second kappa shape index (κ2) is 8.62. The van der Waals surface area contributed by atoms with Crippen molar-refractivity contribution in [2.24, 2.45) is 0 Å². The number of aromatic nitrogens is 2. The lowest BCUT2D eigenvalue weighted by Crippen LogP contribution is -2.06. The Bertz CT molecular complexity index is 925. The van der Waals surface area contributed by atoms with Crippen LogP contribution in [0, 0.1) is 0 Å². The number of ether oxygens (including phenoxy) is 1. The van der Waals surface area contributed by atoms with E-state index in [0.29, 0.717) is 23.9 Å². The van der Waals surface area contributed by atoms with Gasteiger partial charge in [0.25, 0.3) is 0 Å². The molecule has 3 aromatic rings. The second-order valence-electron chi connectivity index (χ2n) is 5.69. The molecule has 1 aromatic heterocycles. The fourth-order valence-corrected chi connectivity index (χ4v) is 2.47. The Balaban J connectivity index is 1.89. The van der Waals surface area contributed by atoms with Crippen LogP contribution in [0.15, 0.2) is 73.3 Å². The highest BCUT2D eigenvalue weighted by Gasteiger charge is 2.08. The first-order chi connectivity index (χ1) is 13.2. The van der Waals surface area contributed by atoms with E-state index in [1.54, 1.807) is 30.3 Å². The van der Waals surface area contributed by atoms with Gasteiger partial charge < -0.3 is 15.4 Å². The van der Waals surface area contributed by atoms with Crippen molar-refractivity contribution in [2.45, 2.75) is 0 Å². The molecule has 0 fully saturated rings. The lowest BCUT2D eigenvalue weighted by molar-refractivity contribution is 0.0601. The quantitative estimate of drug-likeness (QED) is 0.484. The number of hydrogen-bond donors (Lipinski definition) is 2. The van der Waals surface area contributed by atoms with Gasteiger partial charge in [-0.15, -0.1) is 6.58 Å². The van der Waals surface area contributed by atoms with Gasteiger partial charge in [-0.3, -0.25) is 0 Å². The molecule has 6 heteroatoms. The third-order valence-corrected chi connectivity index (χ3v) is 3.78. The largest absolute Gasteiger partial charge is 0.465 e. The summed E-state index contributed by atoms with van der Waals surface area (Å²) in [6, 6.07) is 18.8. The number of nitrogens with one attached hydrogen (secondary N) is 2. The highest BCUT2D eigenvalue weighted by Crippen LogP contribution is 2.23. The minimum absolute atomic E-state index is 0.370. The number of methoxy groups -OCH3 is 1. The van der Waals surface area contributed by atoms with Gasteiger partial charge in [-0.1, -0.05) is 36.4 Å². The second-order valence-corrected chi connectivity index (χ2v) is 5.69. The smallest absolute Gasteiger partial charge is 0.337 e. The minimum atomic E-state index is -0.370. The van der Waals surface area contributed by atoms with E-state index >= 15 is 0 Å². The maximum atomic E-state index is 11.6. The fraction of sp³-hybridized carbons (Fsp3) is 0.0952. The van der Waals surface area contributed by atoms with Gasteiger partial charge in [0.15, 0.2) is 0 Å². The molecule has 0 spiro atoms. The molecule has 0 aliphatic heterocycles. The highest BCUT2D eigenvalue weighted by atomic mass is 16.5. The normalized spacial score (nSPS) is 10.1. The molecule has 0 bridgehead atoms. The van der Waals surface area contributed by atoms with Gasteiger partial charge in [-0.05, 0) is 24.3 Å². The first-order valence-corrected chi connectivity index (χ1v) is 8.44. The van der Waals surface area contributed by atoms with Gasteiger partial charge >= 0.3 is 5.97 Å². The summed E-state index contributed by atoms with van der Waals surface area (Å²) in [6.07, 6.45) is 1.75. The van der Waals surface area contributed by atoms with E-state index < -0.39 is 0 Å². The van der Waals surface area contributed by atoms with Crippen LogP contribution in [-0.4, -0.2) is 29.6 Å².